The van der Waals surface area contributed by atoms with E-state index in [0.717, 1.165) is 96.3 Å². The molecule has 0 radical (unpaired) electrons. The molecule has 0 amide bonds. The first kappa shape index (κ1) is 54.1. The third kappa shape index (κ3) is 44.1. The smallest absolute Gasteiger partial charge is 0.306 e. The molecule has 0 saturated heterocycles. The van der Waals surface area contributed by atoms with E-state index in [-0.39, 0.29) is 31.1 Å². The van der Waals surface area contributed by atoms with Gasteiger partial charge < -0.3 is 14.2 Å². The quantitative estimate of drug-likeness (QED) is 0.0201. The second-order valence-electron chi connectivity index (χ2n) is 15.7. The van der Waals surface area contributed by atoms with Crippen LogP contribution in [0.1, 0.15) is 226 Å². The fourth-order valence-corrected chi connectivity index (χ4v) is 6.45. The first-order chi connectivity index (χ1) is 28.0. The van der Waals surface area contributed by atoms with E-state index in [1.54, 1.807) is 0 Å². The van der Waals surface area contributed by atoms with Crippen LogP contribution in [0.3, 0.4) is 0 Å². The largest absolute Gasteiger partial charge is 0.462 e. The van der Waals surface area contributed by atoms with Crippen LogP contribution in [0.2, 0.25) is 0 Å². The number of rotatable bonds is 42. The summed E-state index contributed by atoms with van der Waals surface area (Å²) in [6, 6.07) is 0. The maximum Gasteiger partial charge on any atom is 0.306 e. The molecule has 0 N–H and O–H groups in total. The van der Waals surface area contributed by atoms with Crippen LogP contribution in [0.25, 0.3) is 0 Å². The molecule has 1 atom stereocenters. The molecule has 0 spiro atoms. The number of esters is 3. The summed E-state index contributed by atoms with van der Waals surface area (Å²) >= 11 is 0. The van der Waals surface area contributed by atoms with Crippen molar-refractivity contribution >= 4 is 17.9 Å². The Morgan fingerprint density at radius 3 is 1.21 bits per heavy atom. The summed E-state index contributed by atoms with van der Waals surface area (Å²) in [5.74, 6) is -0.923. The SMILES string of the molecule is CC/C=C\C/C=C\C/C=C\CCCCCCC(=O)OC(COC(=O)CCCCCCCC/C=C\C=C/CCCCC)COC(=O)CCCCCCCCCCCC. The van der Waals surface area contributed by atoms with Crippen molar-refractivity contribution < 1.29 is 28.6 Å². The predicted molar refractivity (Wildman–Crippen MR) is 242 cm³/mol. The van der Waals surface area contributed by atoms with E-state index in [2.05, 4.69) is 81.5 Å². The van der Waals surface area contributed by atoms with Gasteiger partial charge in [0.05, 0.1) is 0 Å². The first-order valence-corrected chi connectivity index (χ1v) is 23.8. The van der Waals surface area contributed by atoms with Crippen LogP contribution in [0.5, 0.6) is 0 Å². The molecular formula is C51H88O6. The lowest BCUT2D eigenvalue weighted by Gasteiger charge is -2.18. The Morgan fingerprint density at radius 1 is 0.386 bits per heavy atom. The van der Waals surface area contributed by atoms with Crippen LogP contribution in [0.4, 0.5) is 0 Å². The molecule has 57 heavy (non-hydrogen) atoms. The average molecular weight is 797 g/mol. The van der Waals surface area contributed by atoms with Crippen LogP contribution in [-0.2, 0) is 28.6 Å². The molecular weight excluding hydrogens is 709 g/mol. The number of hydrogen-bond donors (Lipinski definition) is 0. The molecule has 0 aromatic carbocycles. The van der Waals surface area contributed by atoms with Crippen molar-refractivity contribution in [3.63, 3.8) is 0 Å². The van der Waals surface area contributed by atoms with Crippen molar-refractivity contribution in [2.75, 3.05) is 13.2 Å². The molecule has 0 bridgehead atoms. The molecule has 328 valence electrons. The Bertz CT molecular complexity index is 1050. The van der Waals surface area contributed by atoms with E-state index >= 15 is 0 Å². The van der Waals surface area contributed by atoms with Gasteiger partial charge in [0.25, 0.3) is 0 Å². The summed E-state index contributed by atoms with van der Waals surface area (Å²) in [7, 11) is 0. The fraction of sp³-hybridized carbons (Fsp3) is 0.745. The highest BCUT2D eigenvalue weighted by molar-refractivity contribution is 5.71. The van der Waals surface area contributed by atoms with Crippen LogP contribution in [0, 0.1) is 0 Å². The van der Waals surface area contributed by atoms with Gasteiger partial charge in [0.2, 0.25) is 0 Å². The zero-order valence-electron chi connectivity index (χ0n) is 37.3. The Hall–Kier alpha value is -2.89. The summed E-state index contributed by atoms with van der Waals surface area (Å²) in [6.45, 7) is 6.45. The Kier molecular flexibility index (Phi) is 43.5. The van der Waals surface area contributed by atoms with Gasteiger partial charge in [-0.15, -0.1) is 0 Å². The summed E-state index contributed by atoms with van der Waals surface area (Å²) in [4.78, 5) is 37.8. The number of carbonyl (C=O) groups excluding carboxylic acids is 3. The summed E-state index contributed by atoms with van der Waals surface area (Å²) in [6.07, 6.45) is 54.8. The Labute approximate surface area is 351 Å². The lowest BCUT2D eigenvalue weighted by Crippen LogP contribution is -2.30. The molecule has 0 saturated carbocycles. The van der Waals surface area contributed by atoms with Gasteiger partial charge in [-0.2, -0.15) is 0 Å². The molecule has 0 aliphatic heterocycles. The van der Waals surface area contributed by atoms with Crippen LogP contribution in [-0.4, -0.2) is 37.2 Å². The van der Waals surface area contributed by atoms with Crippen molar-refractivity contribution in [2.24, 2.45) is 0 Å². The van der Waals surface area contributed by atoms with Gasteiger partial charge in [-0.25, -0.2) is 0 Å². The minimum Gasteiger partial charge on any atom is -0.462 e. The fourth-order valence-electron chi connectivity index (χ4n) is 6.45. The molecule has 6 nitrogen and oxygen atoms in total. The number of hydrogen-bond acceptors (Lipinski definition) is 6. The van der Waals surface area contributed by atoms with E-state index in [1.807, 2.05) is 0 Å². The number of unbranched alkanes of at least 4 members (excludes halogenated alkanes) is 22. The molecule has 0 aromatic rings. The van der Waals surface area contributed by atoms with E-state index in [0.29, 0.717) is 19.3 Å². The van der Waals surface area contributed by atoms with Crippen molar-refractivity contribution in [3.05, 3.63) is 60.8 Å². The number of ether oxygens (including phenoxy) is 3. The van der Waals surface area contributed by atoms with E-state index in [4.69, 9.17) is 14.2 Å². The third-order valence-corrected chi connectivity index (χ3v) is 10.0. The second-order valence-corrected chi connectivity index (χ2v) is 15.7. The van der Waals surface area contributed by atoms with Crippen molar-refractivity contribution in [3.8, 4) is 0 Å². The van der Waals surface area contributed by atoms with Gasteiger partial charge in [0.15, 0.2) is 6.10 Å². The molecule has 0 aliphatic carbocycles. The highest BCUT2D eigenvalue weighted by atomic mass is 16.6. The lowest BCUT2D eigenvalue weighted by atomic mass is 10.1. The van der Waals surface area contributed by atoms with Gasteiger partial charge in [-0.3, -0.25) is 14.4 Å². The summed E-state index contributed by atoms with van der Waals surface area (Å²) in [5, 5.41) is 0. The molecule has 0 aromatic heterocycles. The van der Waals surface area contributed by atoms with Crippen molar-refractivity contribution in [2.45, 2.75) is 232 Å². The predicted octanol–water partition coefficient (Wildman–Crippen LogP) is 15.3. The Morgan fingerprint density at radius 2 is 0.737 bits per heavy atom. The zero-order chi connectivity index (χ0) is 41.5. The van der Waals surface area contributed by atoms with E-state index < -0.39 is 6.10 Å². The van der Waals surface area contributed by atoms with Gasteiger partial charge in [-0.1, -0.05) is 191 Å². The van der Waals surface area contributed by atoms with Crippen molar-refractivity contribution in [1.29, 1.82) is 0 Å². The molecule has 0 rings (SSSR count). The normalized spacial score (nSPS) is 12.5. The van der Waals surface area contributed by atoms with Gasteiger partial charge in [-0.05, 0) is 77.0 Å². The Balaban J connectivity index is 4.42. The van der Waals surface area contributed by atoms with E-state index in [1.165, 1.54) is 89.9 Å². The number of allylic oxidation sites excluding steroid dienone is 10. The summed E-state index contributed by atoms with van der Waals surface area (Å²) < 4.78 is 16.7. The molecule has 0 fully saturated rings. The highest BCUT2D eigenvalue weighted by Gasteiger charge is 2.19. The monoisotopic (exact) mass is 797 g/mol. The molecule has 1 unspecified atom stereocenters. The minimum atomic E-state index is -0.787. The van der Waals surface area contributed by atoms with Crippen LogP contribution >= 0.6 is 0 Å². The molecule has 0 aliphatic rings. The van der Waals surface area contributed by atoms with Crippen LogP contribution < -0.4 is 0 Å². The number of carbonyl (C=O) groups is 3. The van der Waals surface area contributed by atoms with Crippen LogP contribution in [0.15, 0.2) is 60.8 Å². The standard InChI is InChI=1S/C51H88O6/c1-4-7-10-13-16-19-22-24-26-28-29-32-35-38-41-44-50(53)56-47-48(46-55-49(52)43-40-37-34-31-21-18-15-12-9-6-3)57-51(54)45-42-39-36-33-30-27-25-23-20-17-14-11-8-5-2/h8,11,16-17,19-20,22,24-25,27,48H,4-7,9-10,12-15,18,21,23,26,28-47H2,1-3H3/b11-8-,19-16-,20-17-,24-22-,27-25-. The molecule has 0 heterocycles. The first-order valence-electron chi connectivity index (χ1n) is 23.8. The maximum absolute atomic E-state index is 12.7. The zero-order valence-corrected chi connectivity index (χ0v) is 37.3. The lowest BCUT2D eigenvalue weighted by molar-refractivity contribution is -0.167. The van der Waals surface area contributed by atoms with Gasteiger partial charge in [0.1, 0.15) is 13.2 Å². The molecule has 6 heteroatoms. The summed E-state index contributed by atoms with van der Waals surface area (Å²) in [5.41, 5.74) is 0. The van der Waals surface area contributed by atoms with Crippen molar-refractivity contribution in [1.82, 2.24) is 0 Å². The third-order valence-electron chi connectivity index (χ3n) is 10.0. The van der Waals surface area contributed by atoms with E-state index in [9.17, 15) is 14.4 Å². The maximum atomic E-state index is 12.7. The topological polar surface area (TPSA) is 78.9 Å². The average Bonchev–Trinajstić information content (AvgIpc) is 3.21. The van der Waals surface area contributed by atoms with Gasteiger partial charge >= 0.3 is 17.9 Å². The highest BCUT2D eigenvalue weighted by Crippen LogP contribution is 2.14. The second kappa shape index (κ2) is 45.8. The van der Waals surface area contributed by atoms with Gasteiger partial charge in [0, 0.05) is 19.3 Å². The minimum absolute atomic E-state index is 0.0863.